The first kappa shape index (κ1) is 14.6. The number of nitrogens with two attached hydrogens (primary N) is 1. The topological polar surface area (TPSA) is 103 Å². The molecule has 20 heavy (non-hydrogen) atoms. The van der Waals surface area contributed by atoms with Crippen LogP contribution in [0.3, 0.4) is 0 Å². The SMILES string of the molecule is Cc1nc(Cl)ccc1NS(=O)(=O)c1c(N)nn(C)c1C. The fourth-order valence-corrected chi connectivity index (χ4v) is 3.41. The number of rotatable bonds is 3. The van der Waals surface area contributed by atoms with E-state index < -0.39 is 10.0 Å². The predicted molar refractivity (Wildman–Crippen MR) is 77.1 cm³/mol. The molecule has 0 saturated heterocycles. The third-order valence-electron chi connectivity index (χ3n) is 2.87. The Morgan fingerprint density at radius 2 is 2.00 bits per heavy atom. The molecule has 0 radical (unpaired) electrons. The second-order valence-electron chi connectivity index (χ2n) is 4.30. The lowest BCUT2D eigenvalue weighted by atomic mass is 10.3. The maximum absolute atomic E-state index is 12.4. The fourth-order valence-electron chi connectivity index (χ4n) is 1.78. The standard InChI is InChI=1S/C11H14ClN5O2S/c1-6-8(4-5-9(12)14-6)16-20(18,19)10-7(2)17(3)15-11(10)13/h4-5,16H,1-3H3,(H2,13,15). The average molecular weight is 316 g/mol. The van der Waals surface area contributed by atoms with E-state index >= 15 is 0 Å². The molecule has 0 fully saturated rings. The van der Waals surface area contributed by atoms with Crippen LogP contribution in [0.15, 0.2) is 17.0 Å². The Morgan fingerprint density at radius 1 is 1.35 bits per heavy atom. The molecule has 3 N–H and O–H groups in total. The Labute approximate surface area is 121 Å². The Kier molecular flexibility index (Phi) is 3.61. The van der Waals surface area contributed by atoms with Gasteiger partial charge in [-0.1, -0.05) is 11.6 Å². The lowest BCUT2D eigenvalue weighted by Crippen LogP contribution is -2.16. The third-order valence-corrected chi connectivity index (χ3v) is 4.61. The molecule has 0 aromatic carbocycles. The van der Waals surface area contributed by atoms with Crippen LogP contribution in [0.5, 0.6) is 0 Å². The monoisotopic (exact) mass is 315 g/mol. The number of nitrogen functional groups attached to an aromatic ring is 1. The summed E-state index contributed by atoms with van der Waals surface area (Å²) in [6, 6.07) is 3.05. The summed E-state index contributed by atoms with van der Waals surface area (Å²) >= 11 is 5.74. The zero-order valence-corrected chi connectivity index (χ0v) is 12.7. The number of aromatic nitrogens is 3. The molecule has 0 atom stereocenters. The molecule has 2 aromatic rings. The maximum Gasteiger partial charge on any atom is 0.267 e. The van der Waals surface area contributed by atoms with Crippen molar-refractivity contribution in [2.45, 2.75) is 18.7 Å². The molecule has 0 saturated carbocycles. The van der Waals surface area contributed by atoms with E-state index in [9.17, 15) is 8.42 Å². The third kappa shape index (κ3) is 2.56. The Hall–Kier alpha value is -1.80. The highest BCUT2D eigenvalue weighted by Crippen LogP contribution is 2.25. The summed E-state index contributed by atoms with van der Waals surface area (Å²) in [5, 5.41) is 4.19. The minimum atomic E-state index is -3.83. The van der Waals surface area contributed by atoms with Gasteiger partial charge in [0.15, 0.2) is 10.7 Å². The molecule has 0 aliphatic rings. The van der Waals surface area contributed by atoms with Crippen LogP contribution in [-0.2, 0) is 17.1 Å². The van der Waals surface area contributed by atoms with Gasteiger partial charge in [-0.05, 0) is 26.0 Å². The second-order valence-corrected chi connectivity index (χ2v) is 6.30. The molecule has 0 amide bonds. The van der Waals surface area contributed by atoms with Crippen molar-refractivity contribution in [3.8, 4) is 0 Å². The number of anilines is 2. The number of hydrogen-bond acceptors (Lipinski definition) is 5. The van der Waals surface area contributed by atoms with Gasteiger partial charge >= 0.3 is 0 Å². The average Bonchev–Trinajstić information content (AvgIpc) is 2.57. The number of nitrogens with one attached hydrogen (secondary N) is 1. The highest BCUT2D eigenvalue weighted by atomic mass is 35.5. The van der Waals surface area contributed by atoms with Gasteiger partial charge in [-0.3, -0.25) is 9.40 Å². The van der Waals surface area contributed by atoms with Gasteiger partial charge in [0.1, 0.15) is 5.15 Å². The van der Waals surface area contributed by atoms with Gasteiger partial charge in [0.05, 0.1) is 17.1 Å². The normalized spacial score (nSPS) is 11.6. The summed E-state index contributed by atoms with van der Waals surface area (Å²) in [6.07, 6.45) is 0. The van der Waals surface area contributed by atoms with Gasteiger partial charge in [-0.25, -0.2) is 13.4 Å². The van der Waals surface area contributed by atoms with E-state index in [0.717, 1.165) is 0 Å². The van der Waals surface area contributed by atoms with Crippen LogP contribution in [0.25, 0.3) is 0 Å². The van der Waals surface area contributed by atoms with Crippen molar-refractivity contribution in [3.63, 3.8) is 0 Å². The van der Waals surface area contributed by atoms with E-state index in [0.29, 0.717) is 22.2 Å². The van der Waals surface area contributed by atoms with E-state index in [2.05, 4.69) is 14.8 Å². The zero-order valence-electron chi connectivity index (χ0n) is 11.2. The van der Waals surface area contributed by atoms with Crippen LogP contribution >= 0.6 is 11.6 Å². The van der Waals surface area contributed by atoms with Crippen molar-refractivity contribution in [2.75, 3.05) is 10.5 Å². The summed E-state index contributed by atoms with van der Waals surface area (Å²) in [5.74, 6) is -0.0444. The molecule has 9 heteroatoms. The molecule has 2 heterocycles. The van der Waals surface area contributed by atoms with Crippen molar-refractivity contribution in [2.24, 2.45) is 7.05 Å². The van der Waals surface area contributed by atoms with E-state index in [1.54, 1.807) is 27.0 Å². The van der Waals surface area contributed by atoms with Crippen molar-refractivity contribution in [1.29, 1.82) is 0 Å². The number of halogens is 1. The fraction of sp³-hybridized carbons (Fsp3) is 0.273. The van der Waals surface area contributed by atoms with Crippen LogP contribution in [0.2, 0.25) is 5.15 Å². The Bertz CT molecular complexity index is 769. The highest BCUT2D eigenvalue weighted by Gasteiger charge is 2.25. The minimum absolute atomic E-state index is 0.0330. The maximum atomic E-state index is 12.4. The molecule has 0 aliphatic carbocycles. The van der Waals surface area contributed by atoms with Crippen LogP contribution in [-0.4, -0.2) is 23.2 Å². The predicted octanol–water partition coefficient (Wildman–Crippen LogP) is 1.47. The van der Waals surface area contributed by atoms with Gasteiger partial charge < -0.3 is 5.73 Å². The lowest BCUT2D eigenvalue weighted by molar-refractivity contribution is 0.600. The number of nitrogens with zero attached hydrogens (tertiary/aromatic N) is 3. The number of sulfonamides is 1. The molecule has 108 valence electrons. The highest BCUT2D eigenvalue weighted by molar-refractivity contribution is 7.93. The quantitative estimate of drug-likeness (QED) is 0.835. The Balaban J connectivity index is 2.46. The van der Waals surface area contributed by atoms with E-state index in [4.69, 9.17) is 17.3 Å². The van der Waals surface area contributed by atoms with Gasteiger partial charge in [-0.15, -0.1) is 0 Å². The minimum Gasteiger partial charge on any atom is -0.381 e. The van der Waals surface area contributed by atoms with Crippen molar-refractivity contribution in [3.05, 3.63) is 28.7 Å². The zero-order chi connectivity index (χ0) is 15.1. The van der Waals surface area contributed by atoms with Gasteiger partial charge in [0.2, 0.25) is 0 Å². The van der Waals surface area contributed by atoms with Crippen LogP contribution in [0, 0.1) is 13.8 Å². The first-order valence-corrected chi connectivity index (χ1v) is 7.53. The molecular weight excluding hydrogens is 302 g/mol. The molecule has 0 unspecified atom stereocenters. The first-order valence-electron chi connectivity index (χ1n) is 5.67. The van der Waals surface area contributed by atoms with Crippen molar-refractivity contribution < 1.29 is 8.42 Å². The molecule has 2 rings (SSSR count). The summed E-state index contributed by atoms with van der Waals surface area (Å²) < 4.78 is 28.6. The molecular formula is C11H14ClN5O2S. The summed E-state index contributed by atoms with van der Waals surface area (Å²) in [4.78, 5) is 3.95. The van der Waals surface area contributed by atoms with Crippen molar-refractivity contribution in [1.82, 2.24) is 14.8 Å². The van der Waals surface area contributed by atoms with Gasteiger partial charge in [0, 0.05) is 7.05 Å². The van der Waals surface area contributed by atoms with Gasteiger partial charge in [0.25, 0.3) is 10.0 Å². The summed E-state index contributed by atoms with van der Waals surface area (Å²) in [6.45, 7) is 3.29. The molecule has 0 bridgehead atoms. The number of hydrogen-bond donors (Lipinski definition) is 2. The summed E-state index contributed by atoms with van der Waals surface area (Å²) in [5.41, 5.74) is 6.93. The summed E-state index contributed by atoms with van der Waals surface area (Å²) in [7, 11) is -2.21. The number of aryl methyl sites for hydroxylation is 2. The van der Waals surface area contributed by atoms with E-state index in [-0.39, 0.29) is 10.7 Å². The van der Waals surface area contributed by atoms with Crippen LogP contribution in [0.1, 0.15) is 11.4 Å². The molecule has 7 nitrogen and oxygen atoms in total. The Morgan fingerprint density at radius 3 is 2.50 bits per heavy atom. The number of pyridine rings is 1. The van der Waals surface area contributed by atoms with Gasteiger partial charge in [-0.2, -0.15) is 5.10 Å². The van der Waals surface area contributed by atoms with E-state index in [1.165, 1.54) is 10.7 Å². The largest absolute Gasteiger partial charge is 0.381 e. The van der Waals surface area contributed by atoms with Crippen LogP contribution < -0.4 is 10.5 Å². The first-order chi connectivity index (χ1) is 9.22. The van der Waals surface area contributed by atoms with Crippen molar-refractivity contribution >= 4 is 33.1 Å². The molecule has 2 aromatic heterocycles. The second kappa shape index (κ2) is 4.95. The van der Waals surface area contributed by atoms with Crippen LogP contribution in [0.4, 0.5) is 11.5 Å². The van der Waals surface area contributed by atoms with E-state index in [1.807, 2.05) is 0 Å². The lowest BCUT2D eigenvalue weighted by Gasteiger charge is -2.10. The molecule has 0 spiro atoms. The smallest absolute Gasteiger partial charge is 0.267 e. The molecule has 0 aliphatic heterocycles.